The molecule has 2 rings (SSSR count). The monoisotopic (exact) mass is 266 g/mol. The summed E-state index contributed by atoms with van der Waals surface area (Å²) in [7, 11) is 0. The molecule has 0 aromatic heterocycles. The fourth-order valence-electron chi connectivity index (χ4n) is 1.29. The second kappa shape index (κ2) is 5.60. The van der Waals surface area contributed by atoms with Crippen LogP contribution >= 0.6 is 11.6 Å². The Labute approximate surface area is 108 Å². The van der Waals surface area contributed by atoms with E-state index in [0.29, 0.717) is 11.3 Å². The van der Waals surface area contributed by atoms with Gasteiger partial charge in [-0.25, -0.2) is 8.78 Å². The van der Waals surface area contributed by atoms with Gasteiger partial charge in [0.2, 0.25) is 0 Å². The van der Waals surface area contributed by atoms with E-state index in [1.807, 2.05) is 0 Å². The zero-order valence-electron chi connectivity index (χ0n) is 9.20. The molecule has 92 valence electrons. The molecule has 0 unspecified atom stereocenters. The van der Waals surface area contributed by atoms with E-state index in [9.17, 15) is 8.78 Å². The first-order valence-electron chi connectivity index (χ1n) is 5.16. The molecule has 0 spiro atoms. The van der Waals surface area contributed by atoms with Gasteiger partial charge in [-0.15, -0.1) is 0 Å². The van der Waals surface area contributed by atoms with Crippen LogP contribution in [-0.4, -0.2) is 5.17 Å². The standard InChI is InChI=1S/C13H9ClF2N2/c14-13(9-1-3-10(15)4-2-9)18-17-12-7-5-11(16)6-8-12/h1-8,17H. The first kappa shape index (κ1) is 12.5. The van der Waals surface area contributed by atoms with E-state index < -0.39 is 0 Å². The van der Waals surface area contributed by atoms with Gasteiger partial charge in [-0.1, -0.05) is 11.6 Å². The van der Waals surface area contributed by atoms with Gasteiger partial charge in [-0.05, 0) is 48.5 Å². The number of hydrogen-bond donors (Lipinski definition) is 1. The molecule has 0 heterocycles. The van der Waals surface area contributed by atoms with Crippen molar-refractivity contribution in [3.8, 4) is 0 Å². The Hall–Kier alpha value is -1.94. The average molecular weight is 267 g/mol. The van der Waals surface area contributed by atoms with Crippen molar-refractivity contribution >= 4 is 22.5 Å². The summed E-state index contributed by atoms with van der Waals surface area (Å²) in [6, 6.07) is 11.3. The number of halogens is 3. The van der Waals surface area contributed by atoms with Gasteiger partial charge in [0, 0.05) is 5.56 Å². The first-order chi connectivity index (χ1) is 8.65. The second-order valence-corrected chi connectivity index (χ2v) is 3.89. The van der Waals surface area contributed by atoms with Gasteiger partial charge in [0.1, 0.15) is 11.6 Å². The molecule has 0 amide bonds. The number of rotatable bonds is 3. The van der Waals surface area contributed by atoms with Gasteiger partial charge in [0.05, 0.1) is 5.69 Å². The molecule has 18 heavy (non-hydrogen) atoms. The third-order valence-corrected chi connectivity index (χ3v) is 2.51. The normalized spacial score (nSPS) is 11.4. The van der Waals surface area contributed by atoms with Crippen molar-refractivity contribution in [2.45, 2.75) is 0 Å². The lowest BCUT2D eigenvalue weighted by molar-refractivity contribution is 0.627. The molecule has 5 heteroatoms. The van der Waals surface area contributed by atoms with Crippen LogP contribution in [-0.2, 0) is 0 Å². The van der Waals surface area contributed by atoms with Crippen LogP contribution in [0.15, 0.2) is 53.6 Å². The maximum Gasteiger partial charge on any atom is 0.156 e. The predicted molar refractivity (Wildman–Crippen MR) is 68.8 cm³/mol. The van der Waals surface area contributed by atoms with Gasteiger partial charge >= 0.3 is 0 Å². The molecule has 0 radical (unpaired) electrons. The predicted octanol–water partition coefficient (Wildman–Crippen LogP) is 3.98. The lowest BCUT2D eigenvalue weighted by Gasteiger charge is -2.02. The Bertz CT molecular complexity index is 550. The molecule has 2 aromatic rings. The summed E-state index contributed by atoms with van der Waals surface area (Å²) in [4.78, 5) is 0. The van der Waals surface area contributed by atoms with Crippen molar-refractivity contribution in [3.05, 3.63) is 65.7 Å². The SMILES string of the molecule is Fc1ccc(NN=C(Cl)c2ccc(F)cc2)cc1. The van der Waals surface area contributed by atoms with E-state index in [-0.39, 0.29) is 16.8 Å². The van der Waals surface area contributed by atoms with Crippen molar-refractivity contribution in [2.75, 3.05) is 5.43 Å². The third kappa shape index (κ3) is 3.28. The third-order valence-electron chi connectivity index (χ3n) is 2.21. The lowest BCUT2D eigenvalue weighted by atomic mass is 10.2. The molecule has 0 bridgehead atoms. The van der Waals surface area contributed by atoms with E-state index in [2.05, 4.69) is 10.5 Å². The molecule has 0 saturated carbocycles. The van der Waals surface area contributed by atoms with Gasteiger partial charge in [0.25, 0.3) is 0 Å². The number of anilines is 1. The first-order valence-corrected chi connectivity index (χ1v) is 5.53. The smallest absolute Gasteiger partial charge is 0.156 e. The van der Waals surface area contributed by atoms with Crippen molar-refractivity contribution < 1.29 is 8.78 Å². The molecule has 2 nitrogen and oxygen atoms in total. The highest BCUT2D eigenvalue weighted by Gasteiger charge is 2.00. The largest absolute Gasteiger partial charge is 0.277 e. The Balaban J connectivity index is 2.09. The lowest BCUT2D eigenvalue weighted by Crippen LogP contribution is -1.97. The fourth-order valence-corrected chi connectivity index (χ4v) is 1.46. The van der Waals surface area contributed by atoms with Crippen molar-refractivity contribution in [2.24, 2.45) is 5.10 Å². The minimum atomic E-state index is -0.338. The summed E-state index contributed by atoms with van der Waals surface area (Å²) >= 11 is 5.93. The average Bonchev–Trinajstić information content (AvgIpc) is 2.38. The van der Waals surface area contributed by atoms with Crippen LogP contribution in [0, 0.1) is 11.6 Å². The van der Waals surface area contributed by atoms with Crippen LogP contribution < -0.4 is 5.43 Å². The Morgan fingerprint density at radius 1 is 0.889 bits per heavy atom. The van der Waals surface area contributed by atoms with Crippen molar-refractivity contribution in [1.29, 1.82) is 0 Å². The Morgan fingerprint density at radius 3 is 1.94 bits per heavy atom. The molecule has 1 N–H and O–H groups in total. The molecular weight excluding hydrogens is 258 g/mol. The molecule has 0 aliphatic heterocycles. The molecule has 0 aliphatic rings. The number of benzene rings is 2. The quantitative estimate of drug-likeness (QED) is 0.660. The summed E-state index contributed by atoms with van der Waals surface area (Å²) in [5.74, 6) is -0.663. The van der Waals surface area contributed by atoms with Gasteiger partial charge in [0.15, 0.2) is 5.17 Å². The highest BCUT2D eigenvalue weighted by atomic mass is 35.5. The van der Waals surface area contributed by atoms with Crippen LogP contribution in [0.25, 0.3) is 0 Å². The van der Waals surface area contributed by atoms with E-state index in [1.165, 1.54) is 48.5 Å². The van der Waals surface area contributed by atoms with Crippen LogP contribution in [0.5, 0.6) is 0 Å². The number of nitrogens with zero attached hydrogens (tertiary/aromatic N) is 1. The summed E-state index contributed by atoms with van der Waals surface area (Å²) in [5.41, 5.74) is 3.88. The van der Waals surface area contributed by atoms with Gasteiger partial charge < -0.3 is 0 Å². The fraction of sp³-hybridized carbons (Fsp3) is 0. The molecule has 0 saturated heterocycles. The summed E-state index contributed by atoms with van der Waals surface area (Å²) in [6.45, 7) is 0. The minimum absolute atomic E-state index is 0.194. The van der Waals surface area contributed by atoms with Crippen LogP contribution in [0.2, 0.25) is 0 Å². The highest BCUT2D eigenvalue weighted by molar-refractivity contribution is 6.69. The molecular formula is C13H9ClF2N2. The van der Waals surface area contributed by atoms with Crippen LogP contribution in [0.3, 0.4) is 0 Å². The zero-order chi connectivity index (χ0) is 13.0. The Kier molecular flexibility index (Phi) is 3.89. The summed E-state index contributed by atoms with van der Waals surface area (Å²) in [6.07, 6.45) is 0. The molecule has 2 aromatic carbocycles. The molecule has 0 fully saturated rings. The van der Waals surface area contributed by atoms with Crippen LogP contribution in [0.4, 0.5) is 14.5 Å². The summed E-state index contributed by atoms with van der Waals surface area (Å²) < 4.78 is 25.4. The maximum atomic E-state index is 12.7. The zero-order valence-corrected chi connectivity index (χ0v) is 9.96. The molecule has 0 atom stereocenters. The van der Waals surface area contributed by atoms with E-state index in [4.69, 9.17) is 11.6 Å². The number of nitrogens with one attached hydrogen (secondary N) is 1. The number of hydrazone groups is 1. The molecule has 0 aliphatic carbocycles. The van der Waals surface area contributed by atoms with E-state index in [1.54, 1.807) is 0 Å². The van der Waals surface area contributed by atoms with Crippen molar-refractivity contribution in [3.63, 3.8) is 0 Å². The van der Waals surface area contributed by atoms with Gasteiger partial charge in [-0.2, -0.15) is 5.10 Å². The van der Waals surface area contributed by atoms with E-state index >= 15 is 0 Å². The minimum Gasteiger partial charge on any atom is -0.277 e. The topological polar surface area (TPSA) is 24.4 Å². The highest BCUT2D eigenvalue weighted by Crippen LogP contribution is 2.11. The van der Waals surface area contributed by atoms with Crippen molar-refractivity contribution in [1.82, 2.24) is 0 Å². The second-order valence-electron chi connectivity index (χ2n) is 3.53. The summed E-state index contributed by atoms with van der Waals surface area (Å²) in [5, 5.41) is 4.10. The van der Waals surface area contributed by atoms with E-state index in [0.717, 1.165) is 0 Å². The Morgan fingerprint density at radius 2 is 1.39 bits per heavy atom. The van der Waals surface area contributed by atoms with Gasteiger partial charge in [-0.3, -0.25) is 5.43 Å². The maximum absolute atomic E-state index is 12.7. The number of hydrogen-bond acceptors (Lipinski definition) is 2. The van der Waals surface area contributed by atoms with Crippen LogP contribution in [0.1, 0.15) is 5.56 Å².